The van der Waals surface area contributed by atoms with Crippen molar-refractivity contribution in [2.45, 2.75) is 37.1 Å². The zero-order valence-corrected chi connectivity index (χ0v) is 15.0. The second-order valence-corrected chi connectivity index (χ2v) is 8.26. The minimum Gasteiger partial charge on any atom is -0.321 e. The van der Waals surface area contributed by atoms with Crippen LogP contribution >= 0.6 is 0 Å². The van der Waals surface area contributed by atoms with Crippen LogP contribution in [0.3, 0.4) is 0 Å². The molecule has 6 nitrogen and oxygen atoms in total. The van der Waals surface area contributed by atoms with E-state index < -0.39 is 10.0 Å². The summed E-state index contributed by atoms with van der Waals surface area (Å²) in [5, 5.41) is 2.84. The van der Waals surface area contributed by atoms with E-state index in [1.807, 2.05) is 6.07 Å². The molecular formula is C19H19N3O3S. The predicted molar refractivity (Wildman–Crippen MR) is 98.7 cm³/mol. The number of rotatable bonds is 4. The Hall–Kier alpha value is -2.51. The number of amides is 1. The molecule has 0 radical (unpaired) electrons. The first-order valence-electron chi connectivity index (χ1n) is 8.62. The average Bonchev–Trinajstić information content (AvgIpc) is 3.26. The average molecular weight is 369 g/mol. The van der Waals surface area contributed by atoms with Crippen LogP contribution in [0.5, 0.6) is 0 Å². The fourth-order valence-electron chi connectivity index (χ4n) is 3.47. The highest BCUT2D eigenvalue weighted by molar-refractivity contribution is 7.89. The summed E-state index contributed by atoms with van der Waals surface area (Å²) in [7, 11) is -3.70. The highest BCUT2D eigenvalue weighted by Crippen LogP contribution is 2.40. The Labute approximate surface area is 152 Å². The first kappa shape index (κ1) is 16.9. The van der Waals surface area contributed by atoms with Gasteiger partial charge in [-0.15, -0.1) is 0 Å². The van der Waals surface area contributed by atoms with Crippen molar-refractivity contribution in [1.29, 1.82) is 0 Å². The maximum Gasteiger partial charge on any atom is 0.256 e. The summed E-state index contributed by atoms with van der Waals surface area (Å²) in [4.78, 5) is 16.6. The highest BCUT2D eigenvalue weighted by Gasteiger charge is 2.30. The number of hydrogen-bond donors (Lipinski definition) is 2. The summed E-state index contributed by atoms with van der Waals surface area (Å²) < 4.78 is 27.9. The first-order valence-corrected chi connectivity index (χ1v) is 10.1. The summed E-state index contributed by atoms with van der Waals surface area (Å²) in [6.07, 6.45) is 5.57. The SMILES string of the molecule is O=C1Nc2ccc(S(=O)(=O)NCc3ccccn3)cc2C1=C1CCCC1. The topological polar surface area (TPSA) is 88.2 Å². The van der Waals surface area contributed by atoms with Gasteiger partial charge < -0.3 is 5.32 Å². The van der Waals surface area contributed by atoms with E-state index in [1.165, 1.54) is 6.07 Å². The van der Waals surface area contributed by atoms with Crippen molar-refractivity contribution in [3.05, 3.63) is 59.4 Å². The number of sulfonamides is 1. The van der Waals surface area contributed by atoms with Gasteiger partial charge in [0.1, 0.15) is 0 Å². The lowest BCUT2D eigenvalue weighted by molar-refractivity contribution is -0.110. The number of pyridine rings is 1. The van der Waals surface area contributed by atoms with Gasteiger partial charge in [-0.2, -0.15) is 0 Å². The van der Waals surface area contributed by atoms with Crippen molar-refractivity contribution in [2.75, 3.05) is 5.32 Å². The van der Waals surface area contributed by atoms with Crippen LogP contribution < -0.4 is 10.0 Å². The molecule has 4 rings (SSSR count). The monoisotopic (exact) mass is 369 g/mol. The number of hydrogen-bond acceptors (Lipinski definition) is 4. The lowest BCUT2D eigenvalue weighted by atomic mass is 10.00. The molecule has 1 aromatic carbocycles. The van der Waals surface area contributed by atoms with Gasteiger partial charge in [0.25, 0.3) is 5.91 Å². The number of aromatic nitrogens is 1. The number of fused-ring (bicyclic) bond motifs is 1. The van der Waals surface area contributed by atoms with E-state index >= 15 is 0 Å². The second kappa shape index (κ2) is 6.66. The molecule has 2 aromatic rings. The van der Waals surface area contributed by atoms with Crippen molar-refractivity contribution in [1.82, 2.24) is 9.71 Å². The minimum atomic E-state index is -3.70. The number of allylic oxidation sites excluding steroid dienone is 1. The van der Waals surface area contributed by atoms with E-state index in [4.69, 9.17) is 0 Å². The predicted octanol–water partition coefficient (Wildman–Crippen LogP) is 2.84. The van der Waals surface area contributed by atoms with Crippen molar-refractivity contribution >= 4 is 27.2 Å². The molecule has 2 N–H and O–H groups in total. The van der Waals surface area contributed by atoms with Gasteiger partial charge in [0, 0.05) is 23.0 Å². The summed E-state index contributed by atoms with van der Waals surface area (Å²) in [5.74, 6) is -0.132. The third-order valence-electron chi connectivity index (χ3n) is 4.78. The van der Waals surface area contributed by atoms with Crippen LogP contribution in [0.2, 0.25) is 0 Å². The maximum absolute atomic E-state index is 12.7. The molecule has 2 heterocycles. The number of nitrogens with zero attached hydrogens (tertiary/aromatic N) is 1. The van der Waals surface area contributed by atoms with Crippen LogP contribution in [0, 0.1) is 0 Å². The van der Waals surface area contributed by atoms with Crippen LogP contribution in [0.25, 0.3) is 5.57 Å². The second-order valence-electron chi connectivity index (χ2n) is 6.49. The normalized spacial score (nSPS) is 16.7. The number of carbonyl (C=O) groups is 1. The van der Waals surface area contributed by atoms with Crippen LogP contribution in [-0.2, 0) is 21.4 Å². The molecule has 0 spiro atoms. The number of anilines is 1. The Kier molecular flexibility index (Phi) is 4.34. The van der Waals surface area contributed by atoms with Gasteiger partial charge in [0.05, 0.1) is 17.1 Å². The summed E-state index contributed by atoms with van der Waals surface area (Å²) >= 11 is 0. The third-order valence-corrected chi connectivity index (χ3v) is 6.17. The van der Waals surface area contributed by atoms with E-state index in [9.17, 15) is 13.2 Å². The molecule has 0 bridgehead atoms. The molecule has 1 saturated carbocycles. The van der Waals surface area contributed by atoms with Crippen LogP contribution in [0.1, 0.15) is 36.9 Å². The lowest BCUT2D eigenvalue weighted by Gasteiger charge is -2.09. The Morgan fingerprint density at radius 1 is 1.12 bits per heavy atom. The first-order chi connectivity index (χ1) is 12.5. The van der Waals surface area contributed by atoms with Gasteiger partial charge in [0.15, 0.2) is 0 Å². The van der Waals surface area contributed by atoms with E-state index in [2.05, 4.69) is 15.0 Å². The van der Waals surface area contributed by atoms with Gasteiger partial charge in [-0.1, -0.05) is 11.6 Å². The zero-order valence-electron chi connectivity index (χ0n) is 14.2. The fourth-order valence-corrected chi connectivity index (χ4v) is 4.50. The summed E-state index contributed by atoms with van der Waals surface area (Å²) in [5.41, 5.74) is 3.78. The molecule has 0 atom stereocenters. The van der Waals surface area contributed by atoms with E-state index in [-0.39, 0.29) is 17.3 Å². The van der Waals surface area contributed by atoms with E-state index in [0.29, 0.717) is 22.5 Å². The third kappa shape index (κ3) is 3.15. The lowest BCUT2D eigenvalue weighted by Crippen LogP contribution is -2.23. The van der Waals surface area contributed by atoms with E-state index in [1.54, 1.807) is 30.5 Å². The van der Waals surface area contributed by atoms with Crippen LogP contribution in [0.15, 0.2) is 53.1 Å². The molecule has 26 heavy (non-hydrogen) atoms. The molecular weight excluding hydrogens is 350 g/mol. The van der Waals surface area contributed by atoms with Crippen LogP contribution in [0.4, 0.5) is 5.69 Å². The van der Waals surface area contributed by atoms with Crippen molar-refractivity contribution in [3.63, 3.8) is 0 Å². The molecule has 134 valence electrons. The minimum absolute atomic E-state index is 0.116. The quantitative estimate of drug-likeness (QED) is 0.811. The molecule has 0 saturated heterocycles. The maximum atomic E-state index is 12.7. The smallest absolute Gasteiger partial charge is 0.256 e. The molecule has 1 amide bonds. The Balaban J connectivity index is 1.65. The van der Waals surface area contributed by atoms with Crippen molar-refractivity contribution in [2.24, 2.45) is 0 Å². The summed E-state index contributed by atoms with van der Waals surface area (Å²) in [6, 6.07) is 10.1. The Morgan fingerprint density at radius 3 is 2.65 bits per heavy atom. The van der Waals surface area contributed by atoms with Crippen LogP contribution in [-0.4, -0.2) is 19.3 Å². The van der Waals surface area contributed by atoms with Gasteiger partial charge in [-0.3, -0.25) is 9.78 Å². The van der Waals surface area contributed by atoms with Gasteiger partial charge in [0.2, 0.25) is 10.0 Å². The fraction of sp³-hybridized carbons (Fsp3) is 0.263. The van der Waals surface area contributed by atoms with Crippen molar-refractivity contribution < 1.29 is 13.2 Å². The zero-order chi connectivity index (χ0) is 18.1. The van der Waals surface area contributed by atoms with Gasteiger partial charge >= 0.3 is 0 Å². The van der Waals surface area contributed by atoms with E-state index in [0.717, 1.165) is 31.3 Å². The van der Waals surface area contributed by atoms with Gasteiger partial charge in [-0.25, -0.2) is 13.1 Å². The summed E-state index contributed by atoms with van der Waals surface area (Å²) in [6.45, 7) is 0.116. The number of nitrogens with one attached hydrogen (secondary N) is 2. The standard InChI is InChI=1S/C19H19N3O3S/c23-19-18(13-5-1-2-6-13)16-11-15(8-9-17(16)22-19)26(24,25)21-12-14-7-3-4-10-20-14/h3-4,7-11,21H,1-2,5-6,12H2,(H,22,23). The molecule has 2 aliphatic rings. The van der Waals surface area contributed by atoms with Crippen molar-refractivity contribution in [3.8, 4) is 0 Å². The molecule has 7 heteroatoms. The number of carbonyl (C=O) groups excluding carboxylic acids is 1. The molecule has 1 fully saturated rings. The largest absolute Gasteiger partial charge is 0.321 e. The molecule has 0 unspecified atom stereocenters. The Bertz CT molecular complexity index is 990. The molecule has 1 aliphatic heterocycles. The molecule has 1 aromatic heterocycles. The number of benzene rings is 1. The van der Waals surface area contributed by atoms with Gasteiger partial charge in [-0.05, 0) is 56.0 Å². The Morgan fingerprint density at radius 2 is 1.92 bits per heavy atom. The highest BCUT2D eigenvalue weighted by atomic mass is 32.2. The molecule has 1 aliphatic carbocycles.